The predicted molar refractivity (Wildman–Crippen MR) is 83.0 cm³/mol. The molecule has 2 heterocycles. The second kappa shape index (κ2) is 6.70. The molecule has 116 valence electrons. The van der Waals surface area contributed by atoms with Crippen LogP contribution >= 0.6 is 0 Å². The van der Waals surface area contributed by atoms with E-state index in [4.69, 9.17) is 5.73 Å². The molecule has 1 aromatic heterocycles. The van der Waals surface area contributed by atoms with Crippen molar-refractivity contribution in [3.63, 3.8) is 0 Å². The molecule has 0 bridgehead atoms. The van der Waals surface area contributed by atoms with E-state index in [1.54, 1.807) is 12.7 Å². The molecule has 0 spiro atoms. The van der Waals surface area contributed by atoms with Gasteiger partial charge in [0.25, 0.3) is 5.91 Å². The van der Waals surface area contributed by atoms with Gasteiger partial charge in [-0.15, -0.1) is 0 Å². The first-order valence-electron chi connectivity index (χ1n) is 7.67. The van der Waals surface area contributed by atoms with Gasteiger partial charge in [-0.05, 0) is 36.5 Å². The van der Waals surface area contributed by atoms with E-state index in [0.29, 0.717) is 12.5 Å². The molecule has 1 atom stereocenters. The van der Waals surface area contributed by atoms with E-state index in [9.17, 15) is 4.79 Å². The van der Waals surface area contributed by atoms with Gasteiger partial charge in [0.2, 0.25) is 0 Å². The van der Waals surface area contributed by atoms with Gasteiger partial charge in [-0.25, -0.2) is 4.98 Å². The highest BCUT2D eigenvalue weighted by Gasteiger charge is 2.24. The number of benzene rings is 1. The molecule has 0 saturated carbocycles. The molecule has 1 aliphatic rings. The molecule has 3 rings (SSSR count). The first-order chi connectivity index (χ1) is 10.8. The van der Waals surface area contributed by atoms with Gasteiger partial charge >= 0.3 is 0 Å². The van der Waals surface area contributed by atoms with Crippen molar-refractivity contribution in [1.82, 2.24) is 19.7 Å². The van der Waals surface area contributed by atoms with E-state index in [0.717, 1.165) is 43.6 Å². The number of carbonyl (C=O) groups is 1. The summed E-state index contributed by atoms with van der Waals surface area (Å²) in [5, 5.41) is 4.15. The maximum absolute atomic E-state index is 12.6. The summed E-state index contributed by atoms with van der Waals surface area (Å²) < 4.78 is 1.84. The molecule has 1 saturated heterocycles. The summed E-state index contributed by atoms with van der Waals surface area (Å²) in [5.41, 5.74) is 7.37. The Hall–Kier alpha value is -2.21. The number of hydrogen-bond donors (Lipinski definition) is 1. The quantitative estimate of drug-likeness (QED) is 0.923. The van der Waals surface area contributed by atoms with Crippen LogP contribution in [-0.4, -0.2) is 38.7 Å². The molecule has 2 aromatic rings. The molecule has 6 nitrogen and oxygen atoms in total. The summed E-state index contributed by atoms with van der Waals surface area (Å²) in [6, 6.07) is 7.57. The second-order valence-electron chi connectivity index (χ2n) is 5.78. The van der Waals surface area contributed by atoms with Crippen molar-refractivity contribution in [1.29, 1.82) is 0 Å². The van der Waals surface area contributed by atoms with Crippen LogP contribution in [0.2, 0.25) is 0 Å². The number of nitrogens with zero attached hydrogens (tertiary/aromatic N) is 4. The smallest absolute Gasteiger partial charge is 0.253 e. The second-order valence-corrected chi connectivity index (χ2v) is 5.78. The van der Waals surface area contributed by atoms with Gasteiger partial charge in [-0.3, -0.25) is 9.48 Å². The number of rotatable bonds is 4. The number of piperidine rings is 1. The largest absolute Gasteiger partial charge is 0.338 e. The number of nitrogens with two attached hydrogens (primary N) is 1. The lowest BCUT2D eigenvalue weighted by Crippen LogP contribution is -2.41. The van der Waals surface area contributed by atoms with Crippen molar-refractivity contribution in [3.8, 4) is 0 Å². The SMILES string of the molecule is NCc1ccc(C(=O)N2CCCC(Cn3cncn3)C2)cc1. The summed E-state index contributed by atoms with van der Waals surface area (Å²) in [5.74, 6) is 0.537. The van der Waals surface area contributed by atoms with Crippen molar-refractivity contribution in [2.75, 3.05) is 13.1 Å². The minimum Gasteiger partial charge on any atom is -0.338 e. The van der Waals surface area contributed by atoms with Crippen molar-refractivity contribution in [3.05, 3.63) is 48.0 Å². The highest BCUT2D eigenvalue weighted by molar-refractivity contribution is 5.94. The molecule has 0 radical (unpaired) electrons. The molecule has 1 aromatic carbocycles. The van der Waals surface area contributed by atoms with Crippen molar-refractivity contribution in [2.24, 2.45) is 11.7 Å². The first kappa shape index (κ1) is 14.7. The lowest BCUT2D eigenvalue weighted by molar-refractivity contribution is 0.0659. The van der Waals surface area contributed by atoms with E-state index < -0.39 is 0 Å². The molecular weight excluding hydrogens is 278 g/mol. The van der Waals surface area contributed by atoms with Gasteiger partial charge in [0.05, 0.1) is 0 Å². The minimum atomic E-state index is 0.104. The highest BCUT2D eigenvalue weighted by Crippen LogP contribution is 2.20. The van der Waals surface area contributed by atoms with Gasteiger partial charge in [0, 0.05) is 31.7 Å². The van der Waals surface area contributed by atoms with Crippen molar-refractivity contribution in [2.45, 2.75) is 25.9 Å². The first-order valence-corrected chi connectivity index (χ1v) is 7.67. The number of amides is 1. The van der Waals surface area contributed by atoms with Crippen LogP contribution in [0.15, 0.2) is 36.9 Å². The number of aromatic nitrogens is 3. The van der Waals surface area contributed by atoms with Crippen molar-refractivity contribution >= 4 is 5.91 Å². The summed E-state index contributed by atoms with van der Waals surface area (Å²) in [7, 11) is 0. The molecule has 1 aliphatic heterocycles. The van der Waals surface area contributed by atoms with Crippen LogP contribution < -0.4 is 5.73 Å². The Bertz CT molecular complexity index is 608. The molecule has 0 aliphatic carbocycles. The fourth-order valence-corrected chi connectivity index (χ4v) is 2.96. The van der Waals surface area contributed by atoms with E-state index in [2.05, 4.69) is 10.1 Å². The lowest BCUT2D eigenvalue weighted by Gasteiger charge is -2.32. The predicted octanol–water partition coefficient (Wildman–Crippen LogP) is 1.29. The molecule has 1 unspecified atom stereocenters. The molecule has 1 amide bonds. The number of likely N-dealkylation sites (tertiary alicyclic amines) is 1. The Morgan fingerprint density at radius 2 is 2.14 bits per heavy atom. The van der Waals surface area contributed by atoms with Crippen LogP contribution in [0.3, 0.4) is 0 Å². The zero-order valence-corrected chi connectivity index (χ0v) is 12.6. The molecule has 1 fully saturated rings. The third-order valence-electron chi connectivity index (χ3n) is 4.15. The summed E-state index contributed by atoms with van der Waals surface area (Å²) in [6.45, 7) is 2.91. The van der Waals surface area contributed by atoms with Crippen LogP contribution in [0.25, 0.3) is 0 Å². The van der Waals surface area contributed by atoms with E-state index in [1.165, 1.54) is 0 Å². The van der Waals surface area contributed by atoms with Crippen LogP contribution in [0.1, 0.15) is 28.8 Å². The monoisotopic (exact) mass is 299 g/mol. The standard InChI is InChI=1S/C16H21N5O/c17-8-13-3-5-15(6-4-13)16(22)20-7-1-2-14(9-20)10-21-12-18-11-19-21/h3-6,11-12,14H,1-2,7-10,17H2. The minimum absolute atomic E-state index is 0.104. The third kappa shape index (κ3) is 3.33. The fourth-order valence-electron chi connectivity index (χ4n) is 2.96. The van der Waals surface area contributed by atoms with Gasteiger partial charge in [-0.1, -0.05) is 12.1 Å². The fraction of sp³-hybridized carbons (Fsp3) is 0.438. The average Bonchev–Trinajstić information content (AvgIpc) is 3.07. The topological polar surface area (TPSA) is 77.0 Å². The van der Waals surface area contributed by atoms with E-state index in [1.807, 2.05) is 33.8 Å². The van der Waals surface area contributed by atoms with Crippen LogP contribution in [0, 0.1) is 5.92 Å². The maximum Gasteiger partial charge on any atom is 0.253 e. The zero-order chi connectivity index (χ0) is 15.4. The van der Waals surface area contributed by atoms with Gasteiger partial charge in [-0.2, -0.15) is 5.10 Å². The molecule has 6 heteroatoms. The van der Waals surface area contributed by atoms with E-state index >= 15 is 0 Å². The van der Waals surface area contributed by atoms with E-state index in [-0.39, 0.29) is 5.91 Å². The lowest BCUT2D eigenvalue weighted by atomic mass is 9.97. The van der Waals surface area contributed by atoms with Crippen LogP contribution in [-0.2, 0) is 13.1 Å². The Kier molecular flexibility index (Phi) is 4.48. The average molecular weight is 299 g/mol. The molecule has 2 N–H and O–H groups in total. The molecule has 22 heavy (non-hydrogen) atoms. The summed E-state index contributed by atoms with van der Waals surface area (Å²) >= 11 is 0. The maximum atomic E-state index is 12.6. The van der Waals surface area contributed by atoms with Gasteiger partial charge in [0.1, 0.15) is 12.7 Å². The Morgan fingerprint density at radius 3 is 2.82 bits per heavy atom. The van der Waals surface area contributed by atoms with Crippen molar-refractivity contribution < 1.29 is 4.79 Å². The Morgan fingerprint density at radius 1 is 1.32 bits per heavy atom. The van der Waals surface area contributed by atoms with Crippen LogP contribution in [0.4, 0.5) is 0 Å². The van der Waals surface area contributed by atoms with Gasteiger partial charge in [0.15, 0.2) is 0 Å². The normalized spacial score (nSPS) is 18.4. The zero-order valence-electron chi connectivity index (χ0n) is 12.6. The summed E-state index contributed by atoms with van der Waals surface area (Å²) in [4.78, 5) is 18.5. The Labute approximate surface area is 129 Å². The molecular formula is C16H21N5O. The third-order valence-corrected chi connectivity index (χ3v) is 4.15. The number of carbonyl (C=O) groups excluding carboxylic acids is 1. The van der Waals surface area contributed by atoms with Crippen LogP contribution in [0.5, 0.6) is 0 Å². The van der Waals surface area contributed by atoms with Gasteiger partial charge < -0.3 is 10.6 Å². The highest BCUT2D eigenvalue weighted by atomic mass is 16.2. The summed E-state index contributed by atoms with van der Waals surface area (Å²) in [6.07, 6.45) is 5.43. The Balaban J connectivity index is 1.64. The number of hydrogen-bond acceptors (Lipinski definition) is 4.